The maximum Gasteiger partial charge on any atom is 0.0535 e. The molecule has 0 bridgehead atoms. The van der Waals surface area contributed by atoms with Gasteiger partial charge in [-0.2, -0.15) is 0 Å². The van der Waals surface area contributed by atoms with Crippen LogP contribution in [0.15, 0.2) is 30.3 Å². The summed E-state index contributed by atoms with van der Waals surface area (Å²) in [4.78, 5) is 2.50. The predicted molar refractivity (Wildman–Crippen MR) is 68.3 cm³/mol. The van der Waals surface area contributed by atoms with Gasteiger partial charge in [0.2, 0.25) is 0 Å². The van der Waals surface area contributed by atoms with Crippen molar-refractivity contribution >= 4 is 0 Å². The standard InChI is InChI=1S/C14H22N2/c1-2-14(15,12-16-10-6-7-11-16)13-8-4-3-5-9-13/h3-5,8-9H,2,6-7,10-12,15H2,1H3. The van der Waals surface area contributed by atoms with E-state index in [1.54, 1.807) is 0 Å². The number of hydrogen-bond donors (Lipinski definition) is 1. The zero-order valence-electron chi connectivity index (χ0n) is 10.2. The molecule has 1 heterocycles. The van der Waals surface area contributed by atoms with Crippen molar-refractivity contribution in [1.29, 1.82) is 0 Å². The van der Waals surface area contributed by atoms with E-state index < -0.39 is 0 Å². The van der Waals surface area contributed by atoms with Gasteiger partial charge in [-0.15, -0.1) is 0 Å². The first kappa shape index (κ1) is 11.6. The minimum Gasteiger partial charge on any atom is -0.320 e. The molecule has 0 spiro atoms. The minimum atomic E-state index is -0.175. The Morgan fingerprint density at radius 2 is 1.81 bits per heavy atom. The van der Waals surface area contributed by atoms with E-state index in [9.17, 15) is 0 Å². The van der Waals surface area contributed by atoms with Crippen LogP contribution in [-0.4, -0.2) is 24.5 Å². The van der Waals surface area contributed by atoms with Crippen molar-refractivity contribution in [3.8, 4) is 0 Å². The fourth-order valence-electron chi connectivity index (χ4n) is 2.52. The predicted octanol–water partition coefficient (Wildman–Crippen LogP) is 2.35. The smallest absolute Gasteiger partial charge is 0.0535 e. The van der Waals surface area contributed by atoms with Crippen LogP contribution in [0, 0.1) is 0 Å². The maximum atomic E-state index is 6.56. The van der Waals surface area contributed by atoms with Crippen LogP contribution in [0.2, 0.25) is 0 Å². The van der Waals surface area contributed by atoms with Crippen molar-refractivity contribution in [2.45, 2.75) is 31.7 Å². The third-order valence-electron chi connectivity index (χ3n) is 3.68. The molecular formula is C14H22N2. The molecule has 0 radical (unpaired) electrons. The monoisotopic (exact) mass is 218 g/mol. The molecule has 1 aliphatic rings. The van der Waals surface area contributed by atoms with Crippen LogP contribution < -0.4 is 5.73 Å². The van der Waals surface area contributed by atoms with Crippen LogP contribution in [-0.2, 0) is 5.54 Å². The summed E-state index contributed by atoms with van der Waals surface area (Å²) in [6.45, 7) is 5.61. The highest BCUT2D eigenvalue weighted by Gasteiger charge is 2.28. The fraction of sp³-hybridized carbons (Fsp3) is 0.571. The lowest BCUT2D eigenvalue weighted by Gasteiger charge is -2.33. The normalized spacial score (nSPS) is 20.9. The first-order valence-electron chi connectivity index (χ1n) is 6.31. The van der Waals surface area contributed by atoms with E-state index in [0.717, 1.165) is 13.0 Å². The Morgan fingerprint density at radius 1 is 1.19 bits per heavy atom. The zero-order valence-corrected chi connectivity index (χ0v) is 10.2. The van der Waals surface area contributed by atoms with Crippen LogP contribution in [0.5, 0.6) is 0 Å². The number of likely N-dealkylation sites (tertiary alicyclic amines) is 1. The highest BCUT2D eigenvalue weighted by atomic mass is 15.2. The molecule has 1 atom stereocenters. The molecule has 2 nitrogen and oxygen atoms in total. The second kappa shape index (κ2) is 4.98. The Balaban J connectivity index is 2.12. The zero-order chi connectivity index (χ0) is 11.4. The lowest BCUT2D eigenvalue weighted by molar-refractivity contribution is 0.241. The summed E-state index contributed by atoms with van der Waals surface area (Å²) in [5.74, 6) is 0. The van der Waals surface area contributed by atoms with Gasteiger partial charge in [0, 0.05) is 6.54 Å². The topological polar surface area (TPSA) is 29.3 Å². The molecule has 2 rings (SSSR count). The van der Waals surface area contributed by atoms with E-state index in [0.29, 0.717) is 0 Å². The highest BCUT2D eigenvalue weighted by Crippen LogP contribution is 2.24. The van der Waals surface area contributed by atoms with Crippen LogP contribution in [0.3, 0.4) is 0 Å². The molecule has 1 aliphatic heterocycles. The third kappa shape index (κ3) is 2.45. The van der Waals surface area contributed by atoms with E-state index >= 15 is 0 Å². The summed E-state index contributed by atoms with van der Waals surface area (Å²) in [7, 11) is 0. The lowest BCUT2D eigenvalue weighted by atomic mass is 9.88. The Labute approximate surface area is 98.4 Å². The molecule has 1 aromatic carbocycles. The van der Waals surface area contributed by atoms with Crippen molar-refractivity contribution in [2.75, 3.05) is 19.6 Å². The highest BCUT2D eigenvalue weighted by molar-refractivity contribution is 5.24. The van der Waals surface area contributed by atoms with E-state index in [2.05, 4.69) is 42.2 Å². The second-order valence-corrected chi connectivity index (χ2v) is 4.86. The molecule has 88 valence electrons. The van der Waals surface area contributed by atoms with Crippen molar-refractivity contribution in [3.05, 3.63) is 35.9 Å². The van der Waals surface area contributed by atoms with Gasteiger partial charge in [0.05, 0.1) is 5.54 Å². The van der Waals surface area contributed by atoms with Gasteiger partial charge in [-0.3, -0.25) is 0 Å². The molecule has 2 heteroatoms. The van der Waals surface area contributed by atoms with Crippen LogP contribution in [0.1, 0.15) is 31.7 Å². The van der Waals surface area contributed by atoms with Crippen molar-refractivity contribution in [1.82, 2.24) is 4.90 Å². The molecule has 16 heavy (non-hydrogen) atoms. The Bertz CT molecular complexity index is 317. The van der Waals surface area contributed by atoms with Gasteiger partial charge in [0.15, 0.2) is 0 Å². The van der Waals surface area contributed by atoms with Gasteiger partial charge < -0.3 is 10.6 Å². The van der Waals surface area contributed by atoms with Gasteiger partial charge in [-0.1, -0.05) is 37.3 Å². The lowest BCUT2D eigenvalue weighted by Crippen LogP contribution is -2.46. The quantitative estimate of drug-likeness (QED) is 0.840. The summed E-state index contributed by atoms with van der Waals surface area (Å²) in [5.41, 5.74) is 7.65. The first-order valence-corrected chi connectivity index (χ1v) is 6.31. The van der Waals surface area contributed by atoms with Crippen molar-refractivity contribution in [3.63, 3.8) is 0 Å². The number of nitrogens with two attached hydrogens (primary N) is 1. The molecule has 1 aromatic rings. The Hall–Kier alpha value is -0.860. The second-order valence-electron chi connectivity index (χ2n) is 4.86. The largest absolute Gasteiger partial charge is 0.320 e. The van der Waals surface area contributed by atoms with E-state index in [1.165, 1.54) is 31.5 Å². The average Bonchev–Trinajstić information content (AvgIpc) is 2.83. The van der Waals surface area contributed by atoms with E-state index in [-0.39, 0.29) is 5.54 Å². The Morgan fingerprint density at radius 3 is 2.38 bits per heavy atom. The SMILES string of the molecule is CCC(N)(CN1CCCC1)c1ccccc1. The number of rotatable bonds is 4. The van der Waals surface area contributed by atoms with E-state index in [1.807, 2.05) is 0 Å². The molecule has 0 aromatic heterocycles. The van der Waals surface area contributed by atoms with Crippen LogP contribution in [0.4, 0.5) is 0 Å². The molecule has 1 unspecified atom stereocenters. The van der Waals surface area contributed by atoms with Crippen LogP contribution >= 0.6 is 0 Å². The Kier molecular flexibility index (Phi) is 3.62. The van der Waals surface area contributed by atoms with Crippen LogP contribution in [0.25, 0.3) is 0 Å². The van der Waals surface area contributed by atoms with Crippen molar-refractivity contribution < 1.29 is 0 Å². The number of hydrogen-bond acceptors (Lipinski definition) is 2. The molecule has 1 saturated heterocycles. The fourth-order valence-corrected chi connectivity index (χ4v) is 2.52. The molecule has 0 amide bonds. The van der Waals surface area contributed by atoms with E-state index in [4.69, 9.17) is 5.73 Å². The van der Waals surface area contributed by atoms with Crippen molar-refractivity contribution in [2.24, 2.45) is 5.73 Å². The molecule has 0 saturated carbocycles. The molecule has 2 N–H and O–H groups in total. The first-order chi connectivity index (χ1) is 7.74. The van der Waals surface area contributed by atoms with Gasteiger partial charge in [-0.25, -0.2) is 0 Å². The summed E-state index contributed by atoms with van der Waals surface area (Å²) in [6, 6.07) is 10.5. The number of benzene rings is 1. The summed E-state index contributed by atoms with van der Waals surface area (Å²) < 4.78 is 0. The maximum absolute atomic E-state index is 6.56. The summed E-state index contributed by atoms with van der Waals surface area (Å²) in [6.07, 6.45) is 3.65. The van der Waals surface area contributed by atoms with Gasteiger partial charge in [0.1, 0.15) is 0 Å². The summed E-state index contributed by atoms with van der Waals surface area (Å²) >= 11 is 0. The van der Waals surface area contributed by atoms with Gasteiger partial charge >= 0.3 is 0 Å². The average molecular weight is 218 g/mol. The summed E-state index contributed by atoms with van der Waals surface area (Å²) in [5, 5.41) is 0. The third-order valence-corrected chi connectivity index (χ3v) is 3.68. The van der Waals surface area contributed by atoms with Gasteiger partial charge in [-0.05, 0) is 37.9 Å². The number of nitrogens with zero attached hydrogens (tertiary/aromatic N) is 1. The molecule has 0 aliphatic carbocycles. The van der Waals surface area contributed by atoms with Gasteiger partial charge in [0.25, 0.3) is 0 Å². The minimum absolute atomic E-state index is 0.175. The molecular weight excluding hydrogens is 196 g/mol. The molecule has 1 fully saturated rings.